The van der Waals surface area contributed by atoms with Gasteiger partial charge in [-0.15, -0.1) is 0 Å². The topological polar surface area (TPSA) is 64.4 Å². The Balaban J connectivity index is 1.56. The number of nitrogens with zero attached hydrogens (tertiary/aromatic N) is 1. The molecular weight excluding hydrogens is 316 g/mol. The number of hydrogen-bond donors (Lipinski definition) is 1. The molecule has 3 aromatic rings. The van der Waals surface area contributed by atoms with Gasteiger partial charge in [0.15, 0.2) is 0 Å². The summed E-state index contributed by atoms with van der Waals surface area (Å²) in [6.07, 6.45) is 0.743. The van der Waals surface area contributed by atoms with Crippen LogP contribution in [0.4, 0.5) is 0 Å². The summed E-state index contributed by atoms with van der Waals surface area (Å²) in [6, 6.07) is 17.4. The van der Waals surface area contributed by atoms with Gasteiger partial charge in [0.1, 0.15) is 29.4 Å². The number of nitrogens with one attached hydrogen (secondary N) is 1. The lowest BCUT2D eigenvalue weighted by Crippen LogP contribution is -2.42. The number of carbonyl (C=O) groups is 1. The fourth-order valence-electron chi connectivity index (χ4n) is 3.11. The van der Waals surface area contributed by atoms with Crippen LogP contribution in [-0.4, -0.2) is 23.7 Å². The molecule has 0 bridgehead atoms. The van der Waals surface area contributed by atoms with Crippen LogP contribution >= 0.6 is 0 Å². The van der Waals surface area contributed by atoms with Gasteiger partial charge < -0.3 is 14.6 Å². The summed E-state index contributed by atoms with van der Waals surface area (Å²) in [5.41, 5.74) is 3.00. The Kier molecular flexibility index (Phi) is 3.98. The monoisotopic (exact) mass is 334 g/mol. The zero-order valence-electron chi connectivity index (χ0n) is 13.9. The molecule has 1 aliphatic heterocycles. The van der Waals surface area contributed by atoms with E-state index in [1.54, 1.807) is 6.92 Å². The number of rotatable bonds is 3. The molecule has 5 heteroatoms. The van der Waals surface area contributed by atoms with Gasteiger partial charge in [-0.1, -0.05) is 53.7 Å². The Labute approximate surface area is 145 Å². The molecule has 1 aromatic heterocycles. The average Bonchev–Trinajstić information content (AvgIpc) is 3.04. The number of aromatic nitrogens is 1. The number of hydrogen-bond acceptors (Lipinski definition) is 4. The summed E-state index contributed by atoms with van der Waals surface area (Å²) in [4.78, 5) is 12.8. The molecule has 0 spiro atoms. The van der Waals surface area contributed by atoms with E-state index in [0.717, 1.165) is 23.3 Å². The number of para-hydroxylation sites is 1. The summed E-state index contributed by atoms with van der Waals surface area (Å²) < 4.78 is 11.0. The van der Waals surface area contributed by atoms with Crippen molar-refractivity contribution in [3.63, 3.8) is 0 Å². The molecule has 1 atom stereocenters. The molecule has 126 valence electrons. The molecule has 1 amide bonds. The minimum absolute atomic E-state index is 0.0830. The van der Waals surface area contributed by atoms with Crippen LogP contribution in [-0.2, 0) is 6.42 Å². The van der Waals surface area contributed by atoms with Crippen LogP contribution in [0.2, 0.25) is 0 Å². The highest BCUT2D eigenvalue weighted by Gasteiger charge is 2.26. The van der Waals surface area contributed by atoms with Crippen molar-refractivity contribution in [2.75, 3.05) is 6.61 Å². The van der Waals surface area contributed by atoms with E-state index in [9.17, 15) is 4.79 Å². The van der Waals surface area contributed by atoms with Crippen LogP contribution in [0.5, 0.6) is 5.75 Å². The van der Waals surface area contributed by atoms with Crippen LogP contribution in [0.25, 0.3) is 11.3 Å². The third-order valence-corrected chi connectivity index (χ3v) is 4.35. The molecule has 1 aliphatic rings. The first-order chi connectivity index (χ1) is 12.2. The van der Waals surface area contributed by atoms with Crippen molar-refractivity contribution in [2.45, 2.75) is 19.4 Å². The Morgan fingerprint density at radius 3 is 2.72 bits per heavy atom. The van der Waals surface area contributed by atoms with E-state index in [1.165, 1.54) is 0 Å². The molecule has 0 radical (unpaired) electrons. The van der Waals surface area contributed by atoms with Gasteiger partial charge in [-0.2, -0.15) is 0 Å². The molecule has 2 heterocycles. The SMILES string of the molecule is Cc1onc(-c2ccccc2)c1C(=O)NC1COc2ccccc2C1. The standard InChI is InChI=1S/C20H18N2O3/c1-13-18(19(22-25-13)14-7-3-2-4-8-14)20(23)21-16-11-15-9-5-6-10-17(15)24-12-16/h2-10,16H,11-12H2,1H3,(H,21,23). The molecule has 2 aromatic carbocycles. The molecule has 25 heavy (non-hydrogen) atoms. The van der Waals surface area contributed by atoms with E-state index >= 15 is 0 Å². The molecule has 1 unspecified atom stereocenters. The van der Waals surface area contributed by atoms with Crippen LogP contribution in [0, 0.1) is 6.92 Å². The maximum atomic E-state index is 12.8. The van der Waals surface area contributed by atoms with Crippen molar-refractivity contribution in [1.82, 2.24) is 10.5 Å². The number of benzene rings is 2. The third-order valence-electron chi connectivity index (χ3n) is 4.35. The number of fused-ring (bicyclic) bond motifs is 1. The van der Waals surface area contributed by atoms with Crippen molar-refractivity contribution in [1.29, 1.82) is 0 Å². The number of aryl methyl sites for hydroxylation is 1. The quantitative estimate of drug-likeness (QED) is 0.797. The number of carbonyl (C=O) groups excluding carboxylic acids is 1. The van der Waals surface area contributed by atoms with Crippen molar-refractivity contribution in [2.24, 2.45) is 0 Å². The molecule has 4 rings (SSSR count). The highest BCUT2D eigenvalue weighted by Crippen LogP contribution is 2.27. The predicted molar refractivity (Wildman–Crippen MR) is 93.6 cm³/mol. The summed E-state index contributed by atoms with van der Waals surface area (Å²) in [5, 5.41) is 7.12. The molecule has 0 fully saturated rings. The normalized spacial score (nSPS) is 16.0. The lowest BCUT2D eigenvalue weighted by molar-refractivity contribution is 0.0914. The van der Waals surface area contributed by atoms with E-state index in [4.69, 9.17) is 9.26 Å². The summed E-state index contributed by atoms with van der Waals surface area (Å²) >= 11 is 0. The lowest BCUT2D eigenvalue weighted by Gasteiger charge is -2.26. The second-order valence-electron chi connectivity index (χ2n) is 6.12. The maximum absolute atomic E-state index is 12.8. The van der Waals surface area contributed by atoms with E-state index in [0.29, 0.717) is 23.6 Å². The van der Waals surface area contributed by atoms with Gasteiger partial charge in [-0.05, 0) is 25.0 Å². The summed E-state index contributed by atoms with van der Waals surface area (Å²) in [6.45, 7) is 2.20. The van der Waals surface area contributed by atoms with E-state index in [1.807, 2.05) is 54.6 Å². The van der Waals surface area contributed by atoms with Gasteiger partial charge in [0.25, 0.3) is 5.91 Å². The largest absolute Gasteiger partial charge is 0.491 e. The third kappa shape index (κ3) is 3.01. The first-order valence-corrected chi connectivity index (χ1v) is 8.25. The van der Waals surface area contributed by atoms with Crippen molar-refractivity contribution in [3.05, 3.63) is 71.5 Å². The zero-order chi connectivity index (χ0) is 17.2. The van der Waals surface area contributed by atoms with Gasteiger partial charge >= 0.3 is 0 Å². The van der Waals surface area contributed by atoms with Gasteiger partial charge in [-0.3, -0.25) is 4.79 Å². The molecule has 1 N–H and O–H groups in total. The van der Waals surface area contributed by atoms with Crippen molar-refractivity contribution >= 4 is 5.91 Å². The van der Waals surface area contributed by atoms with Crippen LogP contribution in [0.3, 0.4) is 0 Å². The highest BCUT2D eigenvalue weighted by molar-refractivity contribution is 6.00. The van der Waals surface area contributed by atoms with Crippen LogP contribution in [0.15, 0.2) is 59.1 Å². The van der Waals surface area contributed by atoms with Crippen LogP contribution in [0.1, 0.15) is 21.7 Å². The van der Waals surface area contributed by atoms with E-state index in [-0.39, 0.29) is 11.9 Å². The summed E-state index contributed by atoms with van der Waals surface area (Å²) in [7, 11) is 0. The van der Waals surface area contributed by atoms with Gasteiger partial charge in [-0.25, -0.2) is 0 Å². The molecule has 0 saturated carbocycles. The minimum Gasteiger partial charge on any atom is -0.491 e. The number of amides is 1. The fraction of sp³-hybridized carbons (Fsp3) is 0.200. The zero-order valence-corrected chi connectivity index (χ0v) is 13.9. The Morgan fingerprint density at radius 1 is 1.12 bits per heavy atom. The van der Waals surface area contributed by atoms with E-state index < -0.39 is 0 Å². The first kappa shape index (κ1) is 15.4. The first-order valence-electron chi connectivity index (χ1n) is 8.25. The highest BCUT2D eigenvalue weighted by atomic mass is 16.5. The van der Waals surface area contributed by atoms with E-state index in [2.05, 4.69) is 10.5 Å². The Hall–Kier alpha value is -3.08. The van der Waals surface area contributed by atoms with Gasteiger partial charge in [0.05, 0.1) is 6.04 Å². The predicted octanol–water partition coefficient (Wildman–Crippen LogP) is 3.38. The lowest BCUT2D eigenvalue weighted by atomic mass is 10.0. The Morgan fingerprint density at radius 2 is 1.88 bits per heavy atom. The average molecular weight is 334 g/mol. The summed E-state index contributed by atoms with van der Waals surface area (Å²) in [5.74, 6) is 1.21. The maximum Gasteiger partial charge on any atom is 0.257 e. The second-order valence-corrected chi connectivity index (χ2v) is 6.12. The molecule has 0 aliphatic carbocycles. The molecule has 5 nitrogen and oxygen atoms in total. The number of ether oxygens (including phenoxy) is 1. The van der Waals surface area contributed by atoms with Crippen molar-refractivity contribution < 1.29 is 14.1 Å². The van der Waals surface area contributed by atoms with Gasteiger partial charge in [0.2, 0.25) is 0 Å². The van der Waals surface area contributed by atoms with Gasteiger partial charge in [0, 0.05) is 5.56 Å². The van der Waals surface area contributed by atoms with Crippen LogP contribution < -0.4 is 10.1 Å². The fourth-order valence-corrected chi connectivity index (χ4v) is 3.11. The molecule has 0 saturated heterocycles. The molecular formula is C20H18N2O3. The minimum atomic E-state index is -0.189. The van der Waals surface area contributed by atoms with Crippen molar-refractivity contribution in [3.8, 4) is 17.0 Å². The smallest absolute Gasteiger partial charge is 0.257 e. The second kappa shape index (κ2) is 6.43. The Bertz CT molecular complexity index is 902.